The monoisotopic (exact) mass is 339 g/mol. The molecule has 1 atom stereocenters. The summed E-state index contributed by atoms with van der Waals surface area (Å²) in [6.45, 7) is 10.8. The Morgan fingerprint density at radius 1 is 1.35 bits per heavy atom. The average molecular weight is 339 g/mol. The van der Waals surface area contributed by atoms with E-state index in [0.29, 0.717) is 24.8 Å². The molecule has 128 valence electrons. The number of ether oxygens (including phenoxy) is 2. The van der Waals surface area contributed by atoms with Gasteiger partial charge in [-0.25, -0.2) is 9.59 Å². The Labute approximate surface area is 142 Å². The smallest absolute Gasteiger partial charge is 0.337 e. The molecule has 0 saturated carbocycles. The second kappa shape index (κ2) is 7.43. The maximum atomic E-state index is 12.5. The number of rotatable bonds is 5. The van der Waals surface area contributed by atoms with Crippen molar-refractivity contribution in [3.05, 3.63) is 22.4 Å². The first-order valence-corrected chi connectivity index (χ1v) is 9.06. The van der Waals surface area contributed by atoms with Crippen molar-refractivity contribution in [2.75, 3.05) is 18.9 Å². The molecular weight excluding hydrogens is 314 g/mol. The Bertz CT molecular complexity index is 551. The fraction of sp³-hybridized carbons (Fsp3) is 0.647. The molecule has 6 heteroatoms. The Morgan fingerprint density at radius 2 is 2.04 bits per heavy atom. The summed E-state index contributed by atoms with van der Waals surface area (Å²) in [5, 5.41) is 0.935. The molecule has 5 nitrogen and oxygen atoms in total. The molecule has 1 saturated heterocycles. The molecule has 1 unspecified atom stereocenters. The number of esters is 2. The first-order valence-electron chi connectivity index (χ1n) is 8.07. The summed E-state index contributed by atoms with van der Waals surface area (Å²) in [6.07, 6.45) is 1.40. The topological polar surface area (TPSA) is 55.8 Å². The number of carbonyl (C=O) groups excluding carboxylic acids is 2. The van der Waals surface area contributed by atoms with Gasteiger partial charge in [0.2, 0.25) is 0 Å². The van der Waals surface area contributed by atoms with Crippen LogP contribution in [0.1, 0.15) is 34.6 Å². The molecule has 23 heavy (non-hydrogen) atoms. The van der Waals surface area contributed by atoms with Crippen molar-refractivity contribution < 1.29 is 19.1 Å². The van der Waals surface area contributed by atoms with Gasteiger partial charge in [0.1, 0.15) is 0 Å². The molecule has 0 aromatic heterocycles. The molecule has 0 spiro atoms. The molecule has 2 aliphatic heterocycles. The van der Waals surface area contributed by atoms with E-state index < -0.39 is 0 Å². The van der Waals surface area contributed by atoms with Crippen LogP contribution in [0, 0.1) is 11.8 Å². The van der Waals surface area contributed by atoms with Crippen molar-refractivity contribution in [1.82, 2.24) is 4.90 Å². The van der Waals surface area contributed by atoms with E-state index in [1.807, 2.05) is 13.8 Å². The highest BCUT2D eigenvalue weighted by atomic mass is 32.2. The molecule has 0 aliphatic carbocycles. The van der Waals surface area contributed by atoms with E-state index in [4.69, 9.17) is 9.47 Å². The van der Waals surface area contributed by atoms with Crippen molar-refractivity contribution in [2.24, 2.45) is 11.8 Å². The van der Waals surface area contributed by atoms with Gasteiger partial charge in [-0.2, -0.15) is 0 Å². The molecule has 0 amide bonds. The Morgan fingerprint density at radius 3 is 2.61 bits per heavy atom. The minimum atomic E-state index is -0.330. The molecule has 0 N–H and O–H groups in total. The van der Waals surface area contributed by atoms with Crippen LogP contribution in [0.25, 0.3) is 0 Å². The van der Waals surface area contributed by atoms with Gasteiger partial charge in [0.25, 0.3) is 0 Å². The Balaban J connectivity index is 2.29. The van der Waals surface area contributed by atoms with Crippen LogP contribution in [0.2, 0.25) is 0 Å². The van der Waals surface area contributed by atoms with Crippen LogP contribution >= 0.6 is 11.8 Å². The predicted octanol–water partition coefficient (Wildman–Crippen LogP) is 2.93. The third kappa shape index (κ3) is 3.91. The third-order valence-corrected chi connectivity index (χ3v) is 5.02. The highest BCUT2D eigenvalue weighted by Gasteiger charge is 2.42. The van der Waals surface area contributed by atoms with E-state index in [0.717, 1.165) is 16.3 Å². The van der Waals surface area contributed by atoms with Crippen LogP contribution in [0.4, 0.5) is 0 Å². The van der Waals surface area contributed by atoms with Crippen molar-refractivity contribution in [1.29, 1.82) is 0 Å². The minimum absolute atomic E-state index is 0.120. The van der Waals surface area contributed by atoms with E-state index >= 15 is 0 Å². The van der Waals surface area contributed by atoms with Crippen LogP contribution < -0.4 is 0 Å². The molecule has 0 aromatic carbocycles. The molecule has 2 aliphatic rings. The molecule has 2 heterocycles. The summed E-state index contributed by atoms with van der Waals surface area (Å²) < 4.78 is 10.4. The number of hydrogen-bond donors (Lipinski definition) is 0. The lowest BCUT2D eigenvalue weighted by Crippen LogP contribution is -2.24. The summed E-state index contributed by atoms with van der Waals surface area (Å²) in [5.74, 6) is 0.559. The van der Waals surface area contributed by atoms with E-state index in [1.54, 1.807) is 18.7 Å². The van der Waals surface area contributed by atoms with Crippen LogP contribution in [0.3, 0.4) is 0 Å². The van der Waals surface area contributed by atoms with Gasteiger partial charge >= 0.3 is 11.9 Å². The number of thioether (sulfide) groups is 1. The van der Waals surface area contributed by atoms with Gasteiger partial charge in [-0.1, -0.05) is 13.8 Å². The number of nitrogens with zero attached hydrogens (tertiary/aromatic N) is 1. The second-order valence-corrected chi connectivity index (χ2v) is 7.27. The van der Waals surface area contributed by atoms with Crippen molar-refractivity contribution in [3.8, 4) is 0 Å². The van der Waals surface area contributed by atoms with Crippen LogP contribution in [-0.2, 0) is 19.1 Å². The third-order valence-electron chi connectivity index (χ3n) is 3.87. The van der Waals surface area contributed by atoms with E-state index in [-0.39, 0.29) is 24.0 Å². The number of fused-ring (bicyclic) bond motifs is 1. The second-order valence-electron chi connectivity index (χ2n) is 6.31. The van der Waals surface area contributed by atoms with Gasteiger partial charge in [0, 0.05) is 30.0 Å². The Kier molecular flexibility index (Phi) is 5.79. The number of carbonyl (C=O) groups is 2. The molecule has 2 rings (SSSR count). The first-order chi connectivity index (χ1) is 10.8. The summed E-state index contributed by atoms with van der Waals surface area (Å²) in [5.41, 5.74) is 1.66. The average Bonchev–Trinajstić information content (AvgIpc) is 2.98. The maximum absolute atomic E-state index is 12.5. The molecular formula is C17H25NO4S. The molecule has 0 bridgehead atoms. The first kappa shape index (κ1) is 17.9. The van der Waals surface area contributed by atoms with Gasteiger partial charge in [0.15, 0.2) is 0 Å². The van der Waals surface area contributed by atoms with Crippen LogP contribution in [0.15, 0.2) is 22.4 Å². The molecule has 0 radical (unpaired) electrons. The SMILES string of the molecule is CCOC(=O)C=C1CSC2=C(C(=O)OC(C)C)C(C(C)C)CN12. The summed E-state index contributed by atoms with van der Waals surface area (Å²) in [6, 6.07) is 0. The molecule has 1 fully saturated rings. The lowest BCUT2D eigenvalue weighted by Gasteiger charge is -2.20. The summed E-state index contributed by atoms with van der Waals surface area (Å²) >= 11 is 1.59. The maximum Gasteiger partial charge on any atom is 0.337 e. The minimum Gasteiger partial charge on any atom is -0.463 e. The lowest BCUT2D eigenvalue weighted by atomic mass is 9.90. The largest absolute Gasteiger partial charge is 0.463 e. The highest BCUT2D eigenvalue weighted by molar-refractivity contribution is 8.03. The fourth-order valence-electron chi connectivity index (χ4n) is 2.80. The van der Waals surface area contributed by atoms with Crippen molar-refractivity contribution >= 4 is 23.7 Å². The van der Waals surface area contributed by atoms with Crippen LogP contribution in [0.5, 0.6) is 0 Å². The zero-order valence-electron chi connectivity index (χ0n) is 14.4. The zero-order valence-corrected chi connectivity index (χ0v) is 15.2. The molecule has 0 aromatic rings. The van der Waals surface area contributed by atoms with Gasteiger partial charge in [-0.3, -0.25) is 0 Å². The van der Waals surface area contributed by atoms with E-state index in [1.165, 1.54) is 6.08 Å². The van der Waals surface area contributed by atoms with E-state index in [9.17, 15) is 9.59 Å². The van der Waals surface area contributed by atoms with E-state index in [2.05, 4.69) is 18.7 Å². The zero-order chi connectivity index (χ0) is 17.1. The normalized spacial score (nSPS) is 22.3. The van der Waals surface area contributed by atoms with Gasteiger partial charge < -0.3 is 14.4 Å². The van der Waals surface area contributed by atoms with Gasteiger partial charge in [0.05, 0.1) is 23.3 Å². The highest BCUT2D eigenvalue weighted by Crippen LogP contribution is 2.47. The van der Waals surface area contributed by atoms with Gasteiger partial charge in [-0.05, 0) is 26.7 Å². The number of hydrogen-bond acceptors (Lipinski definition) is 6. The lowest BCUT2D eigenvalue weighted by molar-refractivity contribution is -0.143. The predicted molar refractivity (Wildman–Crippen MR) is 90.5 cm³/mol. The Hall–Kier alpha value is -1.43. The quantitative estimate of drug-likeness (QED) is 0.567. The standard InChI is InChI=1S/C17H25NO4S/c1-6-21-14(19)7-12-9-23-16-15(17(20)22-11(4)5)13(10(2)3)8-18(12)16/h7,10-11,13H,6,8-9H2,1-5H3. The van der Waals surface area contributed by atoms with Crippen molar-refractivity contribution in [3.63, 3.8) is 0 Å². The van der Waals surface area contributed by atoms with Crippen molar-refractivity contribution in [2.45, 2.75) is 40.7 Å². The van der Waals surface area contributed by atoms with Gasteiger partial charge in [-0.15, -0.1) is 11.8 Å². The van der Waals surface area contributed by atoms with Crippen LogP contribution in [-0.4, -0.2) is 41.8 Å². The summed E-state index contributed by atoms with van der Waals surface area (Å²) in [4.78, 5) is 26.3. The fourth-order valence-corrected chi connectivity index (χ4v) is 4.06. The summed E-state index contributed by atoms with van der Waals surface area (Å²) in [7, 11) is 0.